The molecule has 5 unspecified atom stereocenters. The van der Waals surface area contributed by atoms with Gasteiger partial charge in [0.1, 0.15) is 0 Å². The Balaban J connectivity index is 2.26. The van der Waals surface area contributed by atoms with Crippen LogP contribution < -0.4 is 0 Å². The Morgan fingerprint density at radius 3 is 1.90 bits per heavy atom. The third kappa shape index (κ3) is 2.95. The van der Waals surface area contributed by atoms with E-state index < -0.39 is 0 Å². The Kier molecular flexibility index (Phi) is 4.92. The minimum Gasteiger partial charge on any atom is -0.0625 e. The molecule has 0 aromatic rings. The van der Waals surface area contributed by atoms with Crippen LogP contribution in [0.5, 0.6) is 0 Å². The van der Waals surface area contributed by atoms with E-state index in [1.807, 2.05) is 0 Å². The molecule has 0 spiro atoms. The lowest BCUT2D eigenvalue weighted by atomic mass is 9.51. The minimum absolute atomic E-state index is 0.584. The first kappa shape index (κ1) is 16.4. The highest BCUT2D eigenvalue weighted by molar-refractivity contribution is 4.97. The molecule has 2 rings (SSSR count). The van der Waals surface area contributed by atoms with Gasteiger partial charge in [-0.15, -0.1) is 0 Å². The lowest BCUT2D eigenvalue weighted by Crippen LogP contribution is -2.47. The molecule has 0 saturated heterocycles. The molecule has 0 heteroatoms. The molecule has 0 N–H and O–H groups in total. The van der Waals surface area contributed by atoms with E-state index in [-0.39, 0.29) is 0 Å². The minimum atomic E-state index is 0.584. The summed E-state index contributed by atoms with van der Waals surface area (Å²) < 4.78 is 0. The second-order valence-electron chi connectivity index (χ2n) is 9.26. The van der Waals surface area contributed by atoms with E-state index in [0.29, 0.717) is 5.41 Å². The number of rotatable bonds is 2. The lowest BCUT2D eigenvalue weighted by Gasteiger charge is -2.54. The van der Waals surface area contributed by atoms with Crippen LogP contribution in [0, 0.1) is 46.8 Å². The van der Waals surface area contributed by atoms with Gasteiger partial charge in [-0.25, -0.2) is 0 Å². The summed E-state index contributed by atoms with van der Waals surface area (Å²) in [7, 11) is 0. The maximum atomic E-state index is 2.62. The molecule has 0 amide bonds. The molecule has 20 heavy (non-hydrogen) atoms. The molecular formula is C20H38. The van der Waals surface area contributed by atoms with E-state index in [1.54, 1.807) is 0 Å². The quantitative estimate of drug-likeness (QED) is 0.548. The van der Waals surface area contributed by atoms with Crippen molar-refractivity contribution in [3.8, 4) is 0 Å². The second kappa shape index (κ2) is 6.01. The van der Waals surface area contributed by atoms with Crippen LogP contribution in [-0.2, 0) is 0 Å². The van der Waals surface area contributed by atoms with Crippen LogP contribution in [0.25, 0.3) is 0 Å². The van der Waals surface area contributed by atoms with Crippen molar-refractivity contribution < 1.29 is 0 Å². The van der Waals surface area contributed by atoms with Crippen LogP contribution in [0.3, 0.4) is 0 Å². The maximum Gasteiger partial charge on any atom is -0.0271 e. The van der Waals surface area contributed by atoms with Gasteiger partial charge in [-0.1, -0.05) is 54.9 Å². The van der Waals surface area contributed by atoms with Crippen molar-refractivity contribution in [2.75, 3.05) is 0 Å². The average Bonchev–Trinajstić information content (AvgIpc) is 2.32. The van der Waals surface area contributed by atoms with Crippen LogP contribution in [0.15, 0.2) is 0 Å². The Morgan fingerprint density at radius 2 is 1.40 bits per heavy atom. The van der Waals surface area contributed by atoms with Crippen LogP contribution in [0.1, 0.15) is 80.6 Å². The van der Waals surface area contributed by atoms with E-state index in [4.69, 9.17) is 0 Å². The van der Waals surface area contributed by atoms with Gasteiger partial charge in [-0.2, -0.15) is 0 Å². The molecule has 0 nitrogen and oxygen atoms in total. The Bertz CT molecular complexity index is 306. The predicted octanol–water partition coefficient (Wildman–Crippen LogP) is 6.40. The first-order valence-electron chi connectivity index (χ1n) is 9.25. The normalized spacial score (nSPS) is 50.4. The largest absolute Gasteiger partial charge is 0.0625 e. The fraction of sp³-hybridized carbons (Fsp3) is 1.00. The maximum absolute atomic E-state index is 2.62. The Hall–Kier alpha value is 0. The first-order chi connectivity index (χ1) is 9.25. The lowest BCUT2D eigenvalue weighted by molar-refractivity contribution is -0.0537. The van der Waals surface area contributed by atoms with E-state index >= 15 is 0 Å². The van der Waals surface area contributed by atoms with Crippen LogP contribution in [0.2, 0.25) is 0 Å². The SMILES string of the molecule is CC1CC(C)C(C2CC(C)CCC2(C)C(C)C)C(C)C1. The summed E-state index contributed by atoms with van der Waals surface area (Å²) in [5.74, 6) is 6.53. The molecular weight excluding hydrogens is 240 g/mol. The first-order valence-corrected chi connectivity index (χ1v) is 9.25. The molecule has 0 radical (unpaired) electrons. The fourth-order valence-electron chi connectivity index (χ4n) is 5.91. The molecule has 0 heterocycles. The zero-order chi connectivity index (χ0) is 15.1. The van der Waals surface area contributed by atoms with E-state index in [0.717, 1.165) is 41.4 Å². The summed E-state index contributed by atoms with van der Waals surface area (Å²) in [5, 5.41) is 0. The van der Waals surface area contributed by atoms with Gasteiger partial charge in [-0.05, 0) is 72.5 Å². The molecule has 118 valence electrons. The van der Waals surface area contributed by atoms with Gasteiger partial charge in [0.25, 0.3) is 0 Å². The summed E-state index contributed by atoms with van der Waals surface area (Å²) in [6.45, 7) is 17.6. The van der Waals surface area contributed by atoms with Gasteiger partial charge >= 0.3 is 0 Å². The fourth-order valence-corrected chi connectivity index (χ4v) is 5.91. The van der Waals surface area contributed by atoms with Crippen LogP contribution >= 0.6 is 0 Å². The molecule has 2 aliphatic carbocycles. The Labute approximate surface area is 128 Å². The number of hydrogen-bond acceptors (Lipinski definition) is 0. The molecule has 0 bridgehead atoms. The molecule has 2 aliphatic rings. The zero-order valence-corrected chi connectivity index (χ0v) is 15.1. The second-order valence-corrected chi connectivity index (χ2v) is 9.26. The van der Waals surface area contributed by atoms with E-state index in [9.17, 15) is 0 Å². The van der Waals surface area contributed by atoms with Gasteiger partial charge in [-0.3, -0.25) is 0 Å². The molecule has 0 aliphatic heterocycles. The summed E-state index contributed by atoms with van der Waals surface area (Å²) in [6.07, 6.45) is 7.34. The van der Waals surface area contributed by atoms with Gasteiger partial charge in [0.2, 0.25) is 0 Å². The monoisotopic (exact) mass is 278 g/mol. The molecule has 5 atom stereocenters. The highest BCUT2D eigenvalue weighted by Crippen LogP contribution is 2.56. The van der Waals surface area contributed by atoms with Crippen molar-refractivity contribution in [2.45, 2.75) is 80.6 Å². The predicted molar refractivity (Wildman–Crippen MR) is 89.7 cm³/mol. The summed E-state index contributed by atoms with van der Waals surface area (Å²) in [5.41, 5.74) is 0.584. The van der Waals surface area contributed by atoms with E-state index in [2.05, 4.69) is 48.5 Å². The van der Waals surface area contributed by atoms with Crippen molar-refractivity contribution in [1.29, 1.82) is 0 Å². The zero-order valence-electron chi connectivity index (χ0n) is 15.1. The van der Waals surface area contributed by atoms with Crippen LogP contribution in [0.4, 0.5) is 0 Å². The topological polar surface area (TPSA) is 0 Å². The van der Waals surface area contributed by atoms with Crippen molar-refractivity contribution >= 4 is 0 Å². The van der Waals surface area contributed by atoms with Crippen molar-refractivity contribution in [1.82, 2.24) is 0 Å². The van der Waals surface area contributed by atoms with Gasteiger partial charge in [0.05, 0.1) is 0 Å². The summed E-state index contributed by atoms with van der Waals surface area (Å²) in [4.78, 5) is 0. The van der Waals surface area contributed by atoms with Crippen molar-refractivity contribution in [2.24, 2.45) is 46.8 Å². The summed E-state index contributed by atoms with van der Waals surface area (Å²) in [6, 6.07) is 0. The third-order valence-corrected chi connectivity index (χ3v) is 7.33. The highest BCUT2D eigenvalue weighted by Gasteiger charge is 2.48. The summed E-state index contributed by atoms with van der Waals surface area (Å²) >= 11 is 0. The molecule has 2 fully saturated rings. The van der Waals surface area contributed by atoms with Gasteiger partial charge in [0, 0.05) is 0 Å². The van der Waals surface area contributed by atoms with E-state index in [1.165, 1.54) is 32.1 Å². The standard InChI is InChI=1S/C20H38/c1-13(2)20(7)9-8-14(3)12-18(20)19-16(5)10-15(4)11-17(19)6/h13-19H,8-12H2,1-7H3. The molecule has 0 aromatic heterocycles. The van der Waals surface area contributed by atoms with Gasteiger partial charge < -0.3 is 0 Å². The average molecular weight is 279 g/mol. The molecule has 0 aromatic carbocycles. The Morgan fingerprint density at radius 1 is 0.850 bits per heavy atom. The number of hydrogen-bond donors (Lipinski definition) is 0. The van der Waals surface area contributed by atoms with Crippen LogP contribution in [-0.4, -0.2) is 0 Å². The van der Waals surface area contributed by atoms with Crippen molar-refractivity contribution in [3.63, 3.8) is 0 Å². The third-order valence-electron chi connectivity index (χ3n) is 7.33. The molecule has 2 saturated carbocycles. The highest BCUT2D eigenvalue weighted by atomic mass is 14.5. The van der Waals surface area contributed by atoms with Crippen molar-refractivity contribution in [3.05, 3.63) is 0 Å². The van der Waals surface area contributed by atoms with Gasteiger partial charge in [0.15, 0.2) is 0 Å². The smallest absolute Gasteiger partial charge is 0.0271 e.